The Bertz CT molecular complexity index is 547. The zero-order valence-corrected chi connectivity index (χ0v) is 14.4. The average molecular weight is 319 g/mol. The molecule has 0 aromatic carbocycles. The van der Waals surface area contributed by atoms with Gasteiger partial charge >= 0.3 is 0 Å². The number of rotatable bonds is 4. The molecule has 0 aliphatic heterocycles. The molecule has 22 heavy (non-hydrogen) atoms. The van der Waals surface area contributed by atoms with Crippen molar-refractivity contribution in [2.45, 2.75) is 63.7 Å². The van der Waals surface area contributed by atoms with Crippen molar-refractivity contribution in [1.29, 1.82) is 0 Å². The summed E-state index contributed by atoms with van der Waals surface area (Å²) in [5.74, 6) is 2.89. The molecule has 1 heterocycles. The van der Waals surface area contributed by atoms with Gasteiger partial charge in [-0.2, -0.15) is 0 Å². The second-order valence-corrected chi connectivity index (χ2v) is 8.75. The van der Waals surface area contributed by atoms with Crippen LogP contribution >= 0.6 is 11.3 Å². The fraction of sp³-hybridized carbons (Fsp3) is 0.824. The summed E-state index contributed by atoms with van der Waals surface area (Å²) in [6.45, 7) is 2.03. The zero-order chi connectivity index (χ0) is 15.3. The standard InChI is InChI=1S/C17H25N3OS/c1-3-4-14(21)20(2)16-19-18-15(22-16)17-8-11-5-12(9-17)7-13(6-11)10-17/h11-13H,3-10H2,1-2H3. The Balaban J connectivity index is 1.58. The second kappa shape index (κ2) is 5.29. The van der Waals surface area contributed by atoms with Crippen LogP contribution < -0.4 is 4.90 Å². The Morgan fingerprint density at radius 1 is 1.18 bits per heavy atom. The lowest BCUT2D eigenvalue weighted by atomic mass is 9.50. The minimum Gasteiger partial charge on any atom is -0.290 e. The predicted octanol–water partition coefficient (Wildman–Crippen LogP) is 3.77. The van der Waals surface area contributed by atoms with Gasteiger partial charge in [0.2, 0.25) is 11.0 Å². The minimum atomic E-state index is 0.149. The highest BCUT2D eigenvalue weighted by molar-refractivity contribution is 7.15. The number of amides is 1. The summed E-state index contributed by atoms with van der Waals surface area (Å²) in [5, 5.41) is 10.9. The van der Waals surface area contributed by atoms with Crippen LogP contribution in [0.5, 0.6) is 0 Å². The normalized spacial score (nSPS) is 35.8. The SMILES string of the molecule is CCCC(=O)N(C)c1nnc(C23CC4CC(CC(C4)C2)C3)s1. The molecule has 0 spiro atoms. The van der Waals surface area contributed by atoms with Crippen LogP contribution in [0.3, 0.4) is 0 Å². The zero-order valence-electron chi connectivity index (χ0n) is 13.5. The summed E-state index contributed by atoms with van der Waals surface area (Å²) in [4.78, 5) is 13.8. The van der Waals surface area contributed by atoms with Gasteiger partial charge in [-0.05, 0) is 62.7 Å². The van der Waals surface area contributed by atoms with E-state index in [0.29, 0.717) is 11.8 Å². The Hall–Kier alpha value is -0.970. The maximum Gasteiger partial charge on any atom is 0.228 e. The van der Waals surface area contributed by atoms with Crippen molar-refractivity contribution in [3.63, 3.8) is 0 Å². The van der Waals surface area contributed by atoms with Gasteiger partial charge in [-0.25, -0.2) is 0 Å². The van der Waals surface area contributed by atoms with Crippen LogP contribution in [0, 0.1) is 17.8 Å². The molecule has 1 aromatic heterocycles. The van der Waals surface area contributed by atoms with Gasteiger partial charge < -0.3 is 0 Å². The number of carbonyl (C=O) groups excluding carboxylic acids is 1. The molecule has 4 nitrogen and oxygen atoms in total. The lowest BCUT2D eigenvalue weighted by Gasteiger charge is -2.55. The highest BCUT2D eigenvalue weighted by atomic mass is 32.1. The number of nitrogens with zero attached hydrogens (tertiary/aromatic N) is 3. The molecule has 4 saturated carbocycles. The van der Waals surface area contributed by atoms with E-state index in [4.69, 9.17) is 0 Å². The highest BCUT2D eigenvalue weighted by Crippen LogP contribution is 2.61. The average Bonchev–Trinajstić information content (AvgIpc) is 2.95. The first-order valence-corrected chi connectivity index (χ1v) is 9.52. The van der Waals surface area contributed by atoms with Crippen molar-refractivity contribution in [1.82, 2.24) is 10.2 Å². The van der Waals surface area contributed by atoms with Crippen LogP contribution in [-0.2, 0) is 10.2 Å². The molecule has 5 heteroatoms. The molecule has 4 aliphatic rings. The molecule has 0 N–H and O–H groups in total. The van der Waals surface area contributed by atoms with Crippen molar-refractivity contribution < 1.29 is 4.79 Å². The quantitative estimate of drug-likeness (QED) is 0.848. The maximum absolute atomic E-state index is 12.1. The Labute approximate surface area is 136 Å². The Morgan fingerprint density at radius 2 is 1.77 bits per heavy atom. The number of carbonyl (C=O) groups is 1. The molecular weight excluding hydrogens is 294 g/mol. The fourth-order valence-electron chi connectivity index (χ4n) is 5.43. The van der Waals surface area contributed by atoms with Crippen molar-refractivity contribution in [2.24, 2.45) is 17.8 Å². The minimum absolute atomic E-state index is 0.149. The number of anilines is 1. The highest BCUT2D eigenvalue weighted by Gasteiger charge is 2.53. The maximum atomic E-state index is 12.1. The van der Waals surface area contributed by atoms with Gasteiger partial charge in [0.1, 0.15) is 5.01 Å². The van der Waals surface area contributed by atoms with Gasteiger partial charge in [0, 0.05) is 18.9 Å². The smallest absolute Gasteiger partial charge is 0.228 e. The molecule has 0 unspecified atom stereocenters. The van der Waals surface area contributed by atoms with E-state index in [2.05, 4.69) is 10.2 Å². The van der Waals surface area contributed by atoms with Crippen molar-refractivity contribution in [3.05, 3.63) is 5.01 Å². The first-order chi connectivity index (χ1) is 10.6. The summed E-state index contributed by atoms with van der Waals surface area (Å²) in [7, 11) is 1.84. The number of hydrogen-bond donors (Lipinski definition) is 0. The number of hydrogen-bond acceptors (Lipinski definition) is 4. The third-order valence-electron chi connectivity index (χ3n) is 6.03. The fourth-order valence-corrected chi connectivity index (χ4v) is 6.47. The van der Waals surface area contributed by atoms with E-state index in [0.717, 1.165) is 29.3 Å². The largest absolute Gasteiger partial charge is 0.290 e. The first-order valence-electron chi connectivity index (χ1n) is 8.70. The van der Waals surface area contributed by atoms with Crippen LogP contribution in [0.15, 0.2) is 0 Å². The van der Waals surface area contributed by atoms with Gasteiger partial charge in [0.15, 0.2) is 0 Å². The van der Waals surface area contributed by atoms with Crippen molar-refractivity contribution >= 4 is 22.4 Å². The topological polar surface area (TPSA) is 46.1 Å². The summed E-state index contributed by atoms with van der Waals surface area (Å²) < 4.78 is 0. The molecule has 4 bridgehead atoms. The van der Waals surface area contributed by atoms with E-state index in [-0.39, 0.29) is 5.91 Å². The third kappa shape index (κ3) is 2.29. The molecule has 1 amide bonds. The first kappa shape index (κ1) is 14.6. The van der Waals surface area contributed by atoms with Crippen LogP contribution in [0.1, 0.15) is 63.3 Å². The lowest BCUT2D eigenvalue weighted by Crippen LogP contribution is -2.48. The van der Waals surface area contributed by atoms with E-state index in [1.807, 2.05) is 14.0 Å². The molecule has 0 saturated heterocycles. The van der Waals surface area contributed by atoms with Crippen LogP contribution in [0.4, 0.5) is 5.13 Å². The van der Waals surface area contributed by atoms with Gasteiger partial charge in [0.05, 0.1) is 0 Å². The van der Waals surface area contributed by atoms with E-state index in [1.54, 1.807) is 16.2 Å². The molecular formula is C17H25N3OS. The van der Waals surface area contributed by atoms with Gasteiger partial charge in [-0.1, -0.05) is 18.3 Å². The number of aromatic nitrogens is 2. The summed E-state index contributed by atoms with van der Waals surface area (Å²) in [6.07, 6.45) is 9.72. The molecule has 1 aromatic rings. The van der Waals surface area contributed by atoms with E-state index in [9.17, 15) is 4.79 Å². The van der Waals surface area contributed by atoms with Gasteiger partial charge in [-0.3, -0.25) is 9.69 Å². The van der Waals surface area contributed by atoms with E-state index >= 15 is 0 Å². The Kier molecular flexibility index (Phi) is 3.51. The monoisotopic (exact) mass is 319 g/mol. The van der Waals surface area contributed by atoms with Gasteiger partial charge in [0.25, 0.3) is 0 Å². The molecule has 0 atom stereocenters. The Morgan fingerprint density at radius 3 is 2.32 bits per heavy atom. The van der Waals surface area contributed by atoms with Crippen LogP contribution in [0.25, 0.3) is 0 Å². The predicted molar refractivity (Wildman–Crippen MR) is 88.1 cm³/mol. The molecule has 4 aliphatic carbocycles. The second-order valence-electron chi connectivity index (χ2n) is 7.79. The van der Waals surface area contributed by atoms with Gasteiger partial charge in [-0.15, -0.1) is 10.2 Å². The molecule has 0 radical (unpaired) electrons. The summed E-state index contributed by atoms with van der Waals surface area (Å²) >= 11 is 1.67. The van der Waals surface area contributed by atoms with Crippen LogP contribution in [-0.4, -0.2) is 23.2 Å². The third-order valence-corrected chi connectivity index (χ3v) is 7.28. The summed E-state index contributed by atoms with van der Waals surface area (Å²) in [5.41, 5.74) is 0.291. The van der Waals surface area contributed by atoms with Crippen molar-refractivity contribution in [2.75, 3.05) is 11.9 Å². The molecule has 120 valence electrons. The van der Waals surface area contributed by atoms with E-state index < -0.39 is 0 Å². The van der Waals surface area contributed by atoms with E-state index in [1.165, 1.54) is 43.5 Å². The van der Waals surface area contributed by atoms with Crippen LogP contribution in [0.2, 0.25) is 0 Å². The molecule has 5 rings (SSSR count). The lowest BCUT2D eigenvalue weighted by molar-refractivity contribution is -0.118. The summed E-state index contributed by atoms with van der Waals surface area (Å²) in [6, 6.07) is 0. The van der Waals surface area contributed by atoms with Crippen molar-refractivity contribution in [3.8, 4) is 0 Å². The molecule has 4 fully saturated rings.